The molecule has 154 valence electrons. The van der Waals surface area contributed by atoms with Crippen molar-refractivity contribution < 1.29 is 40.8 Å². The number of esters is 1. The first kappa shape index (κ1) is 23.2. The average Bonchev–Trinajstić information content (AvgIpc) is 3.01. The van der Waals surface area contributed by atoms with Crippen LogP contribution < -0.4 is 0 Å². The summed E-state index contributed by atoms with van der Waals surface area (Å²) in [6, 6.07) is 0. The summed E-state index contributed by atoms with van der Waals surface area (Å²) >= 11 is 0. The van der Waals surface area contributed by atoms with E-state index in [1.54, 1.807) is 0 Å². The van der Waals surface area contributed by atoms with Crippen molar-refractivity contribution in [3.8, 4) is 0 Å². The molecule has 0 bridgehead atoms. The maximum absolute atomic E-state index is 13.3. The second-order valence-corrected chi connectivity index (χ2v) is 8.47. The van der Waals surface area contributed by atoms with Crippen LogP contribution in [0, 0.1) is 11.8 Å². The second-order valence-electron chi connectivity index (χ2n) is 6.97. The van der Waals surface area contributed by atoms with Gasteiger partial charge in [0.05, 0.1) is 18.1 Å². The number of alkyl halides is 3. The van der Waals surface area contributed by atoms with Crippen molar-refractivity contribution in [3.63, 3.8) is 0 Å². The highest BCUT2D eigenvalue weighted by molar-refractivity contribution is 7.86. The van der Waals surface area contributed by atoms with Gasteiger partial charge in [-0.2, -0.15) is 17.2 Å². The maximum Gasteiger partial charge on any atom is 0.400 e. The Balaban J connectivity index is 2.44. The van der Waals surface area contributed by atoms with E-state index in [-0.39, 0.29) is 5.92 Å². The fraction of sp³-hybridized carbons (Fsp3) is 0.938. The molecule has 6 nitrogen and oxygen atoms in total. The lowest BCUT2D eigenvalue weighted by Gasteiger charge is -2.28. The third-order valence-corrected chi connectivity index (χ3v) is 6.13. The van der Waals surface area contributed by atoms with Crippen LogP contribution >= 0.6 is 0 Å². The van der Waals surface area contributed by atoms with E-state index in [0.29, 0.717) is 32.1 Å². The standard InChI is InChI=1S/C16H27F3O6S/c1-3-15(21,4-2)10-11-5-6-12(9-11)14(20)25-8-7-13(17)16(18,19)26(22,23)24/h11-13,21H,3-10H2,1-2H3,(H,22,23,24). The van der Waals surface area contributed by atoms with Gasteiger partial charge < -0.3 is 9.84 Å². The van der Waals surface area contributed by atoms with E-state index in [9.17, 15) is 31.5 Å². The normalized spacial score (nSPS) is 23.0. The Bertz CT molecular complexity index is 577. The fourth-order valence-corrected chi connectivity index (χ4v) is 3.70. The minimum atomic E-state index is -5.87. The van der Waals surface area contributed by atoms with Gasteiger partial charge in [-0.05, 0) is 44.4 Å². The molecule has 26 heavy (non-hydrogen) atoms. The molecule has 0 aromatic rings. The minimum Gasteiger partial charge on any atom is -0.465 e. The number of halogens is 3. The summed E-state index contributed by atoms with van der Waals surface area (Å²) in [6.45, 7) is 3.07. The summed E-state index contributed by atoms with van der Waals surface area (Å²) in [5.41, 5.74) is -0.772. The molecule has 10 heteroatoms. The molecular formula is C16H27F3O6S. The van der Waals surface area contributed by atoms with Crippen molar-refractivity contribution in [2.75, 3.05) is 6.61 Å². The summed E-state index contributed by atoms with van der Waals surface area (Å²) in [4.78, 5) is 12.0. The van der Waals surface area contributed by atoms with Crippen LogP contribution in [-0.4, -0.2) is 47.7 Å². The number of aliphatic hydroxyl groups is 1. The lowest BCUT2D eigenvalue weighted by atomic mass is 9.85. The van der Waals surface area contributed by atoms with Crippen molar-refractivity contribution in [1.29, 1.82) is 0 Å². The number of hydrogen-bond acceptors (Lipinski definition) is 5. The van der Waals surface area contributed by atoms with Crippen molar-refractivity contribution in [3.05, 3.63) is 0 Å². The fourth-order valence-electron chi connectivity index (χ4n) is 3.26. The van der Waals surface area contributed by atoms with Crippen molar-refractivity contribution in [2.24, 2.45) is 11.8 Å². The molecule has 0 aromatic carbocycles. The number of hydrogen-bond donors (Lipinski definition) is 2. The van der Waals surface area contributed by atoms with E-state index in [1.807, 2.05) is 13.8 Å². The van der Waals surface area contributed by atoms with Gasteiger partial charge in [0.15, 0.2) is 6.17 Å². The molecule has 1 aliphatic carbocycles. The zero-order valence-electron chi connectivity index (χ0n) is 15.0. The van der Waals surface area contributed by atoms with E-state index in [4.69, 9.17) is 9.29 Å². The lowest BCUT2D eigenvalue weighted by Crippen LogP contribution is -2.39. The SMILES string of the molecule is CCC(O)(CC)CC1CCC(C(=O)OCCC(F)C(F)(F)S(=O)(=O)O)C1. The average molecular weight is 404 g/mol. The van der Waals surface area contributed by atoms with Crippen LogP contribution in [0.25, 0.3) is 0 Å². The van der Waals surface area contributed by atoms with E-state index in [0.717, 1.165) is 6.42 Å². The van der Waals surface area contributed by atoms with E-state index in [1.165, 1.54) is 0 Å². The highest BCUT2D eigenvalue weighted by Crippen LogP contribution is 2.38. The summed E-state index contributed by atoms with van der Waals surface area (Å²) in [7, 11) is -5.87. The van der Waals surface area contributed by atoms with Gasteiger partial charge in [-0.25, -0.2) is 4.39 Å². The van der Waals surface area contributed by atoms with Crippen molar-refractivity contribution >= 4 is 16.1 Å². The molecular weight excluding hydrogens is 377 g/mol. The van der Waals surface area contributed by atoms with Gasteiger partial charge in [-0.3, -0.25) is 9.35 Å². The smallest absolute Gasteiger partial charge is 0.400 e. The molecule has 1 aliphatic rings. The van der Waals surface area contributed by atoms with Gasteiger partial charge in [0.2, 0.25) is 0 Å². The predicted molar refractivity (Wildman–Crippen MR) is 87.9 cm³/mol. The van der Waals surface area contributed by atoms with Gasteiger partial charge in [-0.1, -0.05) is 13.8 Å². The molecule has 0 spiro atoms. The van der Waals surface area contributed by atoms with Crippen LogP contribution in [0.15, 0.2) is 0 Å². The Hall–Kier alpha value is -0.870. The Morgan fingerprint density at radius 2 is 1.85 bits per heavy atom. The Morgan fingerprint density at radius 1 is 1.27 bits per heavy atom. The molecule has 0 heterocycles. The summed E-state index contributed by atoms with van der Waals surface area (Å²) in [5.74, 6) is -0.945. The predicted octanol–water partition coefficient (Wildman–Crippen LogP) is 3.10. The first-order valence-electron chi connectivity index (χ1n) is 8.74. The van der Waals surface area contributed by atoms with Crippen LogP contribution in [-0.2, 0) is 19.6 Å². The first-order valence-corrected chi connectivity index (χ1v) is 10.2. The Morgan fingerprint density at radius 3 is 2.35 bits per heavy atom. The molecule has 1 saturated carbocycles. The maximum atomic E-state index is 13.3. The number of ether oxygens (including phenoxy) is 1. The number of carbonyl (C=O) groups excluding carboxylic acids is 1. The van der Waals surface area contributed by atoms with Crippen LogP contribution in [0.1, 0.15) is 58.8 Å². The topological polar surface area (TPSA) is 101 Å². The van der Waals surface area contributed by atoms with Crippen LogP contribution in [0.2, 0.25) is 0 Å². The Kier molecular flexibility index (Phi) is 7.91. The van der Waals surface area contributed by atoms with Crippen molar-refractivity contribution in [1.82, 2.24) is 0 Å². The summed E-state index contributed by atoms with van der Waals surface area (Å²) in [5, 5.41) is 5.42. The highest BCUT2D eigenvalue weighted by Gasteiger charge is 2.52. The molecule has 3 unspecified atom stereocenters. The zero-order chi connectivity index (χ0) is 20.2. The number of rotatable bonds is 10. The minimum absolute atomic E-state index is 0.148. The molecule has 1 rings (SSSR count). The van der Waals surface area contributed by atoms with Gasteiger partial charge in [-0.15, -0.1) is 0 Å². The van der Waals surface area contributed by atoms with E-state index in [2.05, 4.69) is 0 Å². The van der Waals surface area contributed by atoms with Gasteiger partial charge >= 0.3 is 21.3 Å². The van der Waals surface area contributed by atoms with E-state index < -0.39 is 52.1 Å². The quantitative estimate of drug-likeness (QED) is 0.429. The highest BCUT2D eigenvalue weighted by atomic mass is 32.2. The summed E-state index contributed by atoms with van der Waals surface area (Å²) in [6.07, 6.45) is -0.671. The summed E-state index contributed by atoms with van der Waals surface area (Å²) < 4.78 is 73.4. The molecule has 0 amide bonds. The van der Waals surface area contributed by atoms with Crippen LogP contribution in [0.3, 0.4) is 0 Å². The molecule has 0 saturated heterocycles. The zero-order valence-corrected chi connectivity index (χ0v) is 15.8. The molecule has 3 atom stereocenters. The molecule has 0 aromatic heterocycles. The van der Waals surface area contributed by atoms with Crippen molar-refractivity contribution in [2.45, 2.75) is 75.8 Å². The monoisotopic (exact) mass is 404 g/mol. The first-order chi connectivity index (χ1) is 11.9. The van der Waals surface area contributed by atoms with Gasteiger partial charge in [0.25, 0.3) is 0 Å². The Labute approximate surface area is 151 Å². The molecule has 2 N–H and O–H groups in total. The van der Waals surface area contributed by atoms with E-state index >= 15 is 0 Å². The van der Waals surface area contributed by atoms with Gasteiger partial charge in [0.1, 0.15) is 0 Å². The third-order valence-electron chi connectivity index (χ3n) is 5.18. The molecule has 0 aliphatic heterocycles. The third kappa shape index (κ3) is 5.82. The lowest BCUT2D eigenvalue weighted by molar-refractivity contribution is -0.149. The number of carbonyl (C=O) groups is 1. The molecule has 0 radical (unpaired) electrons. The largest absolute Gasteiger partial charge is 0.465 e. The molecule has 1 fully saturated rings. The van der Waals surface area contributed by atoms with Crippen LogP contribution in [0.5, 0.6) is 0 Å². The van der Waals surface area contributed by atoms with Crippen LogP contribution in [0.4, 0.5) is 13.2 Å². The van der Waals surface area contributed by atoms with Gasteiger partial charge in [0, 0.05) is 6.42 Å². The second kappa shape index (κ2) is 8.88.